The van der Waals surface area contributed by atoms with E-state index in [9.17, 15) is 0 Å². The summed E-state index contributed by atoms with van der Waals surface area (Å²) in [5, 5.41) is 8.09. The van der Waals surface area contributed by atoms with Crippen molar-refractivity contribution in [2.75, 3.05) is 41.9 Å². The monoisotopic (exact) mass is 475 g/mol. The second kappa shape index (κ2) is 10.3. The molecule has 10 heteroatoms. The number of benzene rings is 2. The van der Waals surface area contributed by atoms with E-state index in [2.05, 4.69) is 35.7 Å². The van der Waals surface area contributed by atoms with Gasteiger partial charge in [-0.1, -0.05) is 41.9 Å². The summed E-state index contributed by atoms with van der Waals surface area (Å²) in [7, 11) is 0. The molecule has 5 rings (SSSR count). The summed E-state index contributed by atoms with van der Waals surface area (Å²) in [6.45, 7) is 2.66. The predicted octanol–water partition coefficient (Wildman–Crippen LogP) is 4.81. The van der Waals surface area contributed by atoms with Gasteiger partial charge in [-0.15, -0.1) is 0 Å². The maximum atomic E-state index is 6.26. The molecule has 0 spiro atoms. The summed E-state index contributed by atoms with van der Waals surface area (Å²) in [4.78, 5) is 15.6. The molecule has 9 nitrogen and oxygen atoms in total. The summed E-state index contributed by atoms with van der Waals surface area (Å²) >= 11 is 6.26. The van der Waals surface area contributed by atoms with E-state index in [0.717, 1.165) is 11.3 Å². The van der Waals surface area contributed by atoms with Gasteiger partial charge in [-0.05, 0) is 36.4 Å². The summed E-state index contributed by atoms with van der Waals surface area (Å²) in [5.74, 6) is 2.50. The molecule has 2 N–H and O–H groups in total. The average Bonchev–Trinajstić information content (AvgIpc) is 3.34. The van der Waals surface area contributed by atoms with E-state index >= 15 is 0 Å². The number of anilines is 4. The lowest BCUT2D eigenvalue weighted by atomic mass is 10.2. The van der Waals surface area contributed by atoms with Crippen LogP contribution in [0.3, 0.4) is 0 Å². The maximum Gasteiger partial charge on any atom is 0.250 e. The fourth-order valence-corrected chi connectivity index (χ4v) is 3.64. The molecule has 0 saturated carbocycles. The van der Waals surface area contributed by atoms with Gasteiger partial charge in [0.1, 0.15) is 11.5 Å². The summed E-state index contributed by atoms with van der Waals surface area (Å²) in [6, 6.07) is 20.9. The van der Waals surface area contributed by atoms with Gasteiger partial charge in [-0.25, -0.2) is 5.43 Å². The van der Waals surface area contributed by atoms with Gasteiger partial charge in [0.05, 0.1) is 24.5 Å². The Morgan fingerprint density at radius 3 is 2.47 bits per heavy atom. The number of para-hydroxylation sites is 1. The van der Waals surface area contributed by atoms with Crippen LogP contribution < -0.4 is 15.6 Å². The highest BCUT2D eigenvalue weighted by Crippen LogP contribution is 2.28. The van der Waals surface area contributed by atoms with Crippen LogP contribution in [-0.2, 0) is 4.74 Å². The Bertz CT molecular complexity index is 1270. The highest BCUT2D eigenvalue weighted by Gasteiger charge is 2.17. The first kappa shape index (κ1) is 21.9. The lowest BCUT2D eigenvalue weighted by molar-refractivity contribution is 0.122. The van der Waals surface area contributed by atoms with Crippen LogP contribution >= 0.6 is 11.6 Å². The van der Waals surface area contributed by atoms with Crippen molar-refractivity contribution in [3.05, 3.63) is 77.5 Å². The first-order valence-corrected chi connectivity index (χ1v) is 11.2. The number of furan rings is 1. The fraction of sp³-hybridized carbons (Fsp3) is 0.167. The first-order chi connectivity index (χ1) is 16.7. The van der Waals surface area contributed by atoms with E-state index in [-0.39, 0.29) is 0 Å². The molecule has 1 saturated heterocycles. The van der Waals surface area contributed by atoms with E-state index in [4.69, 9.17) is 20.8 Å². The Kier molecular flexibility index (Phi) is 6.64. The molecule has 1 aliphatic rings. The van der Waals surface area contributed by atoms with Crippen molar-refractivity contribution in [1.29, 1.82) is 0 Å². The minimum atomic E-state index is 0.309. The first-order valence-electron chi connectivity index (χ1n) is 10.8. The van der Waals surface area contributed by atoms with E-state index in [1.165, 1.54) is 0 Å². The molecule has 0 bridgehead atoms. The third-order valence-corrected chi connectivity index (χ3v) is 5.40. The molecule has 2 aromatic heterocycles. The summed E-state index contributed by atoms with van der Waals surface area (Å²) in [6.07, 6.45) is 1.56. The Morgan fingerprint density at radius 2 is 1.65 bits per heavy atom. The smallest absolute Gasteiger partial charge is 0.250 e. The van der Waals surface area contributed by atoms with E-state index in [1.54, 1.807) is 6.21 Å². The number of aromatic nitrogens is 3. The number of hydrogen-bond acceptors (Lipinski definition) is 9. The highest BCUT2D eigenvalue weighted by atomic mass is 35.5. The van der Waals surface area contributed by atoms with Gasteiger partial charge >= 0.3 is 0 Å². The Hall–Kier alpha value is -3.95. The molecule has 0 aliphatic carbocycles. The second-order valence-corrected chi connectivity index (χ2v) is 7.83. The van der Waals surface area contributed by atoms with Gasteiger partial charge in [0.2, 0.25) is 17.8 Å². The van der Waals surface area contributed by atoms with Crippen LogP contribution in [0.15, 0.2) is 76.2 Å². The normalized spacial score (nSPS) is 13.9. The zero-order chi connectivity index (χ0) is 23.2. The topological polar surface area (TPSA) is 101 Å². The molecule has 172 valence electrons. The van der Waals surface area contributed by atoms with Gasteiger partial charge in [0.15, 0.2) is 0 Å². The standard InChI is InChI=1S/C24H22ClN7O2/c25-20-9-5-4-8-19(20)21-11-10-18(34-21)16-26-31-23-28-22(27-17-6-2-1-3-7-17)29-24(30-23)32-12-14-33-15-13-32/h1-11,16H,12-15H2,(H2,27,28,29,30,31)/b26-16+. The van der Waals surface area contributed by atoms with Crippen LogP contribution in [0.2, 0.25) is 5.02 Å². The minimum absolute atomic E-state index is 0.309. The molecule has 3 heterocycles. The molecule has 4 aromatic rings. The SMILES string of the molecule is Clc1ccccc1-c1ccc(/C=N/Nc2nc(Nc3ccccc3)nc(N3CCOCC3)n2)o1. The maximum absolute atomic E-state index is 6.26. The third kappa shape index (κ3) is 5.33. The fourth-order valence-electron chi connectivity index (χ4n) is 3.41. The molecule has 0 atom stereocenters. The van der Waals surface area contributed by atoms with Crippen LogP contribution in [0, 0.1) is 0 Å². The van der Waals surface area contributed by atoms with Gasteiger partial charge < -0.3 is 19.4 Å². The van der Waals surface area contributed by atoms with Crippen LogP contribution in [0.4, 0.5) is 23.5 Å². The number of nitrogens with zero attached hydrogens (tertiary/aromatic N) is 5. The van der Waals surface area contributed by atoms with Gasteiger partial charge in [0, 0.05) is 24.3 Å². The summed E-state index contributed by atoms with van der Waals surface area (Å²) < 4.78 is 11.3. The van der Waals surface area contributed by atoms with Crippen molar-refractivity contribution < 1.29 is 9.15 Å². The zero-order valence-electron chi connectivity index (χ0n) is 18.2. The molecular formula is C24H22ClN7O2. The number of ether oxygens (including phenoxy) is 1. The van der Waals surface area contributed by atoms with Crippen LogP contribution in [0.1, 0.15) is 5.76 Å². The van der Waals surface area contributed by atoms with Crippen molar-refractivity contribution in [3.63, 3.8) is 0 Å². The Balaban J connectivity index is 1.34. The van der Waals surface area contributed by atoms with Crippen molar-refractivity contribution in [2.45, 2.75) is 0 Å². The van der Waals surface area contributed by atoms with Gasteiger partial charge in [0.25, 0.3) is 0 Å². The Morgan fingerprint density at radius 1 is 0.882 bits per heavy atom. The molecule has 2 aromatic carbocycles. The molecular weight excluding hydrogens is 454 g/mol. The van der Waals surface area contributed by atoms with E-state index in [0.29, 0.717) is 60.7 Å². The largest absolute Gasteiger partial charge is 0.455 e. The Labute approximate surface area is 201 Å². The van der Waals surface area contributed by atoms with Crippen LogP contribution in [0.5, 0.6) is 0 Å². The number of hydrazone groups is 1. The van der Waals surface area contributed by atoms with Gasteiger partial charge in [-0.3, -0.25) is 0 Å². The number of rotatable bonds is 7. The second-order valence-electron chi connectivity index (χ2n) is 7.42. The average molecular weight is 476 g/mol. The molecule has 0 unspecified atom stereocenters. The number of morpholine rings is 1. The van der Waals surface area contributed by atoms with E-state index < -0.39 is 0 Å². The molecule has 1 aliphatic heterocycles. The molecule has 1 fully saturated rings. The molecule has 0 amide bonds. The number of halogens is 1. The minimum Gasteiger partial charge on any atom is -0.455 e. The van der Waals surface area contributed by atoms with Crippen molar-refractivity contribution >= 4 is 41.3 Å². The quantitative estimate of drug-likeness (QED) is 0.290. The van der Waals surface area contributed by atoms with E-state index in [1.807, 2.05) is 66.7 Å². The third-order valence-electron chi connectivity index (χ3n) is 5.07. The van der Waals surface area contributed by atoms with Crippen molar-refractivity contribution in [2.24, 2.45) is 5.10 Å². The summed E-state index contributed by atoms with van der Waals surface area (Å²) in [5.41, 5.74) is 4.58. The lowest BCUT2D eigenvalue weighted by Crippen LogP contribution is -2.37. The molecule has 0 radical (unpaired) electrons. The highest BCUT2D eigenvalue weighted by molar-refractivity contribution is 6.33. The van der Waals surface area contributed by atoms with Crippen LogP contribution in [0.25, 0.3) is 11.3 Å². The van der Waals surface area contributed by atoms with Crippen molar-refractivity contribution in [3.8, 4) is 11.3 Å². The number of hydrogen-bond donors (Lipinski definition) is 2. The molecule has 34 heavy (non-hydrogen) atoms. The number of nitrogens with one attached hydrogen (secondary N) is 2. The lowest BCUT2D eigenvalue weighted by Gasteiger charge is -2.27. The predicted molar refractivity (Wildman–Crippen MR) is 133 cm³/mol. The van der Waals surface area contributed by atoms with Gasteiger partial charge in [-0.2, -0.15) is 20.1 Å². The van der Waals surface area contributed by atoms with Crippen LogP contribution in [-0.4, -0.2) is 47.5 Å². The zero-order valence-corrected chi connectivity index (χ0v) is 18.9. The van der Waals surface area contributed by atoms with Crippen molar-refractivity contribution in [1.82, 2.24) is 15.0 Å².